The number of amides is 1. The van der Waals surface area contributed by atoms with Crippen LogP contribution in [0.2, 0.25) is 5.15 Å². The first-order valence-corrected chi connectivity index (χ1v) is 4.18. The van der Waals surface area contributed by atoms with Gasteiger partial charge < -0.3 is 5.73 Å². The Morgan fingerprint density at radius 1 is 1.73 bits per heavy atom. The van der Waals surface area contributed by atoms with E-state index in [9.17, 15) is 4.79 Å². The fourth-order valence-corrected chi connectivity index (χ4v) is 1.35. The van der Waals surface area contributed by atoms with Gasteiger partial charge in [0.15, 0.2) is 0 Å². The van der Waals surface area contributed by atoms with Crippen LogP contribution in [-0.2, 0) is 0 Å². The lowest BCUT2D eigenvalue weighted by Crippen LogP contribution is -2.13. The molecule has 0 saturated carbocycles. The second-order valence-corrected chi connectivity index (χ2v) is 3.26. The summed E-state index contributed by atoms with van der Waals surface area (Å²) in [6.07, 6.45) is 1.45. The van der Waals surface area contributed by atoms with Gasteiger partial charge in [-0.1, -0.05) is 11.6 Å². The van der Waals surface area contributed by atoms with E-state index in [0.717, 1.165) is 0 Å². The number of nitrogens with two attached hydrogens (primary N) is 1. The van der Waals surface area contributed by atoms with E-state index in [4.69, 9.17) is 17.3 Å². The third kappa shape index (κ3) is 1.81. The summed E-state index contributed by atoms with van der Waals surface area (Å²) in [5.41, 5.74) is 5.46. The number of primary amides is 1. The van der Waals surface area contributed by atoms with Gasteiger partial charge in [0.25, 0.3) is 0 Å². The fourth-order valence-electron chi connectivity index (χ4n) is 0.609. The predicted molar refractivity (Wildman–Crippen MR) is 50.5 cm³/mol. The molecule has 2 N–H and O–H groups in total. The van der Waals surface area contributed by atoms with Gasteiger partial charge in [0.1, 0.15) is 5.15 Å². The van der Waals surface area contributed by atoms with Gasteiger partial charge >= 0.3 is 0 Å². The summed E-state index contributed by atoms with van der Waals surface area (Å²) in [4.78, 5) is 14.5. The maximum Gasteiger partial charge on any atom is 0.249 e. The average molecular weight is 282 g/mol. The minimum atomic E-state index is -0.487. The van der Waals surface area contributed by atoms with Gasteiger partial charge in [-0.15, -0.1) is 0 Å². The molecule has 0 radical (unpaired) electrons. The van der Waals surface area contributed by atoms with Gasteiger partial charge in [0.2, 0.25) is 5.91 Å². The molecule has 1 rings (SSSR count). The Morgan fingerprint density at radius 2 is 2.36 bits per heavy atom. The van der Waals surface area contributed by atoms with Crippen LogP contribution in [-0.4, -0.2) is 10.9 Å². The second-order valence-electron chi connectivity index (χ2n) is 1.83. The lowest BCUT2D eigenvalue weighted by Gasteiger charge is -1.98. The van der Waals surface area contributed by atoms with E-state index < -0.39 is 5.91 Å². The minimum absolute atomic E-state index is 0.307. The molecule has 0 aliphatic rings. The molecule has 1 amide bonds. The third-order valence-corrected chi connectivity index (χ3v) is 2.81. The van der Waals surface area contributed by atoms with Crippen LogP contribution in [0.3, 0.4) is 0 Å². The summed E-state index contributed by atoms with van der Waals surface area (Å²) in [5.74, 6) is -0.487. The summed E-state index contributed by atoms with van der Waals surface area (Å²) in [6.45, 7) is 0. The first kappa shape index (κ1) is 8.73. The molecular weight excluding hydrogens is 278 g/mol. The summed E-state index contributed by atoms with van der Waals surface area (Å²) >= 11 is 7.56. The number of rotatable bonds is 1. The largest absolute Gasteiger partial charge is 0.366 e. The summed E-state index contributed by atoms with van der Waals surface area (Å²) in [7, 11) is 0. The summed E-state index contributed by atoms with van der Waals surface area (Å²) in [5, 5.41) is 0.307. The van der Waals surface area contributed by atoms with Gasteiger partial charge in [0, 0.05) is 6.20 Å². The fraction of sp³-hybridized carbons (Fsp3) is 0. The topological polar surface area (TPSA) is 56.0 Å². The number of carbonyl (C=O) groups excluding carboxylic acids is 1. The van der Waals surface area contributed by atoms with Gasteiger partial charge in [-0.2, -0.15) is 0 Å². The molecule has 1 aromatic heterocycles. The van der Waals surface area contributed by atoms with Crippen molar-refractivity contribution in [1.82, 2.24) is 4.98 Å². The first-order chi connectivity index (χ1) is 5.13. The Labute approximate surface area is 82.1 Å². The highest BCUT2D eigenvalue weighted by atomic mass is 127. The minimum Gasteiger partial charge on any atom is -0.366 e. The quantitative estimate of drug-likeness (QED) is 0.626. The van der Waals surface area contributed by atoms with Crippen LogP contribution in [0, 0.1) is 3.57 Å². The van der Waals surface area contributed by atoms with Crippen molar-refractivity contribution in [2.45, 2.75) is 0 Å². The van der Waals surface area contributed by atoms with Crippen molar-refractivity contribution in [2.24, 2.45) is 5.73 Å². The van der Waals surface area contributed by atoms with Gasteiger partial charge in [0.05, 0.1) is 9.13 Å². The van der Waals surface area contributed by atoms with E-state index in [1.807, 2.05) is 22.6 Å². The molecule has 11 heavy (non-hydrogen) atoms. The molecule has 5 heteroatoms. The summed E-state index contributed by atoms with van der Waals surface area (Å²) in [6, 6.07) is 1.54. The maximum absolute atomic E-state index is 10.7. The lowest BCUT2D eigenvalue weighted by molar-refractivity contribution is 0.0999. The smallest absolute Gasteiger partial charge is 0.249 e. The molecule has 0 spiro atoms. The van der Waals surface area contributed by atoms with Crippen LogP contribution in [0.5, 0.6) is 0 Å². The van der Waals surface area contributed by atoms with Crippen LogP contribution in [0.15, 0.2) is 12.3 Å². The highest BCUT2D eigenvalue weighted by Gasteiger charge is 2.08. The standard InChI is InChI=1S/C6H4ClIN2O/c7-5-4(8)3(6(9)11)1-2-10-5/h1-2H,(H2,9,11). The zero-order valence-corrected chi connectivity index (χ0v) is 8.26. The molecule has 58 valence electrons. The highest BCUT2D eigenvalue weighted by Crippen LogP contribution is 2.18. The van der Waals surface area contributed by atoms with Crippen LogP contribution < -0.4 is 5.73 Å². The Morgan fingerprint density at radius 3 is 2.82 bits per heavy atom. The maximum atomic E-state index is 10.7. The molecule has 1 aromatic rings. The molecule has 0 aliphatic heterocycles. The average Bonchev–Trinajstić information content (AvgIpc) is 1.94. The van der Waals surface area contributed by atoms with Crippen LogP contribution in [0.1, 0.15) is 10.4 Å². The predicted octanol–water partition coefficient (Wildman–Crippen LogP) is 1.44. The Kier molecular flexibility index (Phi) is 2.67. The molecule has 0 bridgehead atoms. The molecule has 0 saturated heterocycles. The van der Waals surface area contributed by atoms with Crippen molar-refractivity contribution >= 4 is 40.1 Å². The molecule has 0 aromatic carbocycles. The number of nitrogens with zero attached hydrogens (tertiary/aromatic N) is 1. The van der Waals surface area contributed by atoms with E-state index in [1.54, 1.807) is 0 Å². The van der Waals surface area contributed by atoms with Crippen molar-refractivity contribution < 1.29 is 4.79 Å². The zero-order valence-electron chi connectivity index (χ0n) is 5.34. The van der Waals surface area contributed by atoms with Gasteiger partial charge in [-0.25, -0.2) is 4.98 Å². The number of halogens is 2. The van der Waals surface area contributed by atoms with E-state index in [-0.39, 0.29) is 0 Å². The van der Waals surface area contributed by atoms with Crippen molar-refractivity contribution in [2.75, 3.05) is 0 Å². The Bertz CT molecular complexity index is 303. The van der Waals surface area contributed by atoms with Crippen LogP contribution >= 0.6 is 34.2 Å². The van der Waals surface area contributed by atoms with E-state index >= 15 is 0 Å². The van der Waals surface area contributed by atoms with Crippen molar-refractivity contribution in [3.63, 3.8) is 0 Å². The second kappa shape index (κ2) is 3.36. The molecule has 0 atom stereocenters. The molecule has 0 unspecified atom stereocenters. The molecule has 0 fully saturated rings. The van der Waals surface area contributed by atoms with E-state index in [1.165, 1.54) is 12.3 Å². The number of aromatic nitrogens is 1. The molecule has 1 heterocycles. The molecule has 3 nitrogen and oxygen atoms in total. The molecular formula is C6H4ClIN2O. The van der Waals surface area contributed by atoms with Crippen molar-refractivity contribution in [1.29, 1.82) is 0 Å². The highest BCUT2D eigenvalue weighted by molar-refractivity contribution is 14.1. The molecule has 0 aliphatic carbocycles. The van der Waals surface area contributed by atoms with Crippen LogP contribution in [0.4, 0.5) is 0 Å². The number of hydrogen-bond acceptors (Lipinski definition) is 2. The van der Waals surface area contributed by atoms with Crippen LogP contribution in [0.25, 0.3) is 0 Å². The van der Waals surface area contributed by atoms with Crippen molar-refractivity contribution in [3.05, 3.63) is 26.5 Å². The third-order valence-electron chi connectivity index (χ3n) is 1.11. The van der Waals surface area contributed by atoms with Gasteiger partial charge in [-0.05, 0) is 28.7 Å². The summed E-state index contributed by atoms with van der Waals surface area (Å²) < 4.78 is 0.597. The first-order valence-electron chi connectivity index (χ1n) is 2.72. The normalized spacial score (nSPS) is 9.64. The number of carbonyl (C=O) groups is 1. The zero-order chi connectivity index (χ0) is 8.43. The Balaban J connectivity index is 3.27. The number of hydrogen-bond donors (Lipinski definition) is 1. The SMILES string of the molecule is NC(=O)c1ccnc(Cl)c1I. The van der Waals surface area contributed by atoms with Crippen molar-refractivity contribution in [3.8, 4) is 0 Å². The lowest BCUT2D eigenvalue weighted by atomic mass is 10.3. The van der Waals surface area contributed by atoms with Gasteiger partial charge in [-0.3, -0.25) is 4.79 Å². The monoisotopic (exact) mass is 282 g/mol. The Hall–Kier alpha value is -0.360. The van der Waals surface area contributed by atoms with E-state index in [0.29, 0.717) is 14.3 Å². The van der Waals surface area contributed by atoms with E-state index in [2.05, 4.69) is 4.98 Å². The number of pyridine rings is 1.